The normalized spacial score (nSPS) is 51.1. The Morgan fingerprint density at radius 3 is 2.66 bits per heavy atom. The van der Waals surface area contributed by atoms with Crippen LogP contribution in [0.3, 0.4) is 0 Å². The molecule has 6 rings (SSSR count). The number of hydrogen-bond acceptors (Lipinski definition) is 6. The smallest absolute Gasteiger partial charge is 0.335 e. The van der Waals surface area contributed by atoms with Crippen LogP contribution in [0.1, 0.15) is 77.2 Å². The molecule has 0 radical (unpaired) electrons. The lowest BCUT2D eigenvalue weighted by Crippen LogP contribution is -2.58. The lowest BCUT2D eigenvalue weighted by Gasteiger charge is -2.61. The van der Waals surface area contributed by atoms with E-state index in [9.17, 15) is 14.7 Å². The van der Waals surface area contributed by atoms with Crippen LogP contribution in [0.2, 0.25) is 0 Å². The summed E-state index contributed by atoms with van der Waals surface area (Å²) in [6, 6.07) is 3.28. The summed E-state index contributed by atoms with van der Waals surface area (Å²) in [5.41, 5.74) is 0.332. The third kappa shape index (κ3) is 2.54. The highest BCUT2D eigenvalue weighted by Crippen LogP contribution is 2.77. The zero-order valence-corrected chi connectivity index (χ0v) is 19.2. The summed E-state index contributed by atoms with van der Waals surface area (Å²) in [4.78, 5) is 23.0. The van der Waals surface area contributed by atoms with Crippen LogP contribution < -0.4 is 5.63 Å². The molecule has 6 nitrogen and oxygen atoms in total. The van der Waals surface area contributed by atoms with Crippen LogP contribution in [0.4, 0.5) is 0 Å². The van der Waals surface area contributed by atoms with Crippen LogP contribution in [0.5, 0.6) is 0 Å². The lowest BCUT2D eigenvalue weighted by atomic mass is 9.44. The van der Waals surface area contributed by atoms with Gasteiger partial charge in [0.2, 0.25) is 0 Å². The molecule has 1 aromatic rings. The lowest BCUT2D eigenvalue weighted by molar-refractivity contribution is -0.163. The van der Waals surface area contributed by atoms with Gasteiger partial charge in [0.05, 0.1) is 12.4 Å². The van der Waals surface area contributed by atoms with Crippen LogP contribution in [0.15, 0.2) is 27.6 Å². The average molecular weight is 443 g/mol. The summed E-state index contributed by atoms with van der Waals surface area (Å²) in [5.74, 6) is 1.34. The molecular weight excluding hydrogens is 408 g/mol. The van der Waals surface area contributed by atoms with Gasteiger partial charge in [0.25, 0.3) is 0 Å². The molecule has 4 saturated carbocycles. The maximum Gasteiger partial charge on any atom is 0.335 e. The summed E-state index contributed by atoms with van der Waals surface area (Å²) in [6.07, 6.45) is 8.27. The van der Waals surface area contributed by atoms with Crippen molar-refractivity contribution < 1.29 is 23.8 Å². The molecule has 5 unspecified atom stereocenters. The monoisotopic (exact) mass is 442 g/mol. The zero-order valence-electron chi connectivity index (χ0n) is 19.2. The summed E-state index contributed by atoms with van der Waals surface area (Å²) in [7, 11) is 0. The Morgan fingerprint density at radius 2 is 1.94 bits per heavy atom. The minimum atomic E-state index is -0.573. The Hall–Kier alpha value is -1.66. The summed E-state index contributed by atoms with van der Waals surface area (Å²) in [6.45, 7) is 6.27. The van der Waals surface area contributed by atoms with Crippen LogP contribution in [0.25, 0.3) is 0 Å². The molecular formula is C26H34O6. The molecule has 1 aliphatic heterocycles. The maximum atomic E-state index is 11.5. The van der Waals surface area contributed by atoms with Gasteiger partial charge in [-0.3, -0.25) is 4.79 Å². The number of aliphatic hydroxyl groups excluding tert-OH is 1. The molecule has 6 heteroatoms. The third-order valence-corrected chi connectivity index (χ3v) is 10.5. The van der Waals surface area contributed by atoms with Crippen molar-refractivity contribution in [3.63, 3.8) is 0 Å². The van der Waals surface area contributed by atoms with Gasteiger partial charge in [-0.2, -0.15) is 0 Å². The van der Waals surface area contributed by atoms with Crippen LogP contribution in [-0.2, 0) is 14.3 Å². The van der Waals surface area contributed by atoms with Crippen LogP contribution in [-0.4, -0.2) is 35.0 Å². The minimum absolute atomic E-state index is 0.0597. The first-order valence-corrected chi connectivity index (χ1v) is 12.3. The Morgan fingerprint density at radius 1 is 1.12 bits per heavy atom. The molecule has 1 spiro atoms. The molecule has 4 aliphatic carbocycles. The number of rotatable bonds is 2. The fourth-order valence-electron chi connectivity index (χ4n) is 9.14. The van der Waals surface area contributed by atoms with E-state index in [2.05, 4.69) is 13.8 Å². The average Bonchev–Trinajstić information content (AvgIpc) is 3.45. The zero-order chi connectivity index (χ0) is 22.5. The number of ether oxygens (including phenoxy) is 2. The quantitative estimate of drug-likeness (QED) is 0.554. The van der Waals surface area contributed by atoms with Crippen molar-refractivity contribution in [1.29, 1.82) is 0 Å². The predicted octanol–water partition coefficient (Wildman–Crippen LogP) is 3.80. The molecule has 1 N–H and O–H groups in total. The first kappa shape index (κ1) is 20.9. The molecule has 174 valence electrons. The van der Waals surface area contributed by atoms with Gasteiger partial charge in [-0.25, -0.2) is 4.79 Å². The summed E-state index contributed by atoms with van der Waals surface area (Å²) in [5, 5.41) is 11.3. The fourth-order valence-corrected chi connectivity index (χ4v) is 9.14. The van der Waals surface area contributed by atoms with E-state index in [0.717, 1.165) is 50.5 Å². The second kappa shape index (κ2) is 6.69. The van der Waals surface area contributed by atoms with E-state index in [-0.39, 0.29) is 46.2 Å². The molecule has 1 saturated heterocycles. The van der Waals surface area contributed by atoms with E-state index in [4.69, 9.17) is 13.9 Å². The second-order valence-electron chi connectivity index (χ2n) is 11.6. The van der Waals surface area contributed by atoms with Crippen molar-refractivity contribution in [1.82, 2.24) is 0 Å². The highest BCUT2D eigenvalue weighted by atomic mass is 16.6. The van der Waals surface area contributed by atoms with Gasteiger partial charge in [-0.05, 0) is 79.7 Å². The Bertz CT molecular complexity index is 982. The van der Waals surface area contributed by atoms with Crippen LogP contribution >= 0.6 is 0 Å². The van der Waals surface area contributed by atoms with Gasteiger partial charge in [0, 0.05) is 24.3 Å². The maximum absolute atomic E-state index is 11.5. The summed E-state index contributed by atoms with van der Waals surface area (Å²) < 4.78 is 17.3. The molecule has 0 amide bonds. The fraction of sp³-hybridized carbons (Fsp3) is 0.769. The molecule has 5 aliphatic rings. The van der Waals surface area contributed by atoms with E-state index in [1.807, 2.05) is 6.07 Å². The first-order chi connectivity index (χ1) is 15.2. The second-order valence-corrected chi connectivity index (χ2v) is 11.6. The van der Waals surface area contributed by atoms with Crippen molar-refractivity contribution in [3.05, 3.63) is 34.4 Å². The Balaban J connectivity index is 1.31. The van der Waals surface area contributed by atoms with Gasteiger partial charge in [-0.1, -0.05) is 13.8 Å². The van der Waals surface area contributed by atoms with E-state index >= 15 is 0 Å². The minimum Gasteiger partial charge on any atom is -0.463 e. The number of epoxide rings is 1. The van der Waals surface area contributed by atoms with E-state index < -0.39 is 6.10 Å². The molecule has 32 heavy (non-hydrogen) atoms. The van der Waals surface area contributed by atoms with Gasteiger partial charge < -0.3 is 19.0 Å². The van der Waals surface area contributed by atoms with Crippen molar-refractivity contribution in [2.45, 2.75) is 95.5 Å². The number of fused-ring (bicyclic) bond motifs is 3. The number of carbonyl (C=O) groups excluding carboxylic acids is 1. The highest BCUT2D eigenvalue weighted by molar-refractivity contribution is 5.66. The number of carbonyl (C=O) groups is 1. The van der Waals surface area contributed by atoms with Crippen molar-refractivity contribution in [2.24, 2.45) is 28.6 Å². The van der Waals surface area contributed by atoms with Crippen molar-refractivity contribution in [3.8, 4) is 0 Å². The first-order valence-electron chi connectivity index (χ1n) is 12.3. The van der Waals surface area contributed by atoms with Gasteiger partial charge in [0.1, 0.15) is 17.8 Å². The third-order valence-electron chi connectivity index (χ3n) is 10.5. The standard InChI is InChI=1S/C26H34O6/c1-14(27)31-17-8-10-24(2)16(12-17)5-6-19-18(24)9-11-25(3)21(15-4-7-20(28)30-13-15)22(29)23-26(19,25)32-23/h4,7,13,16-19,21-23,29H,5-6,8-12H2,1-3H3/t16-,17+,18+,19?,21+,22?,23?,24+,25?,26?/m1/s1. The molecule has 2 heterocycles. The molecule has 1 aromatic heterocycles. The van der Waals surface area contributed by atoms with Gasteiger partial charge in [0.15, 0.2) is 0 Å². The van der Waals surface area contributed by atoms with Gasteiger partial charge >= 0.3 is 11.6 Å². The number of hydrogen-bond donors (Lipinski definition) is 1. The van der Waals surface area contributed by atoms with E-state index in [1.165, 1.54) is 13.0 Å². The molecule has 0 bridgehead atoms. The van der Waals surface area contributed by atoms with E-state index in [0.29, 0.717) is 17.8 Å². The molecule has 5 fully saturated rings. The summed E-state index contributed by atoms with van der Waals surface area (Å²) >= 11 is 0. The van der Waals surface area contributed by atoms with Crippen LogP contribution in [0, 0.1) is 28.6 Å². The molecule has 0 aromatic carbocycles. The number of esters is 1. The van der Waals surface area contributed by atoms with Gasteiger partial charge in [-0.15, -0.1) is 0 Å². The molecule has 10 atom stereocenters. The highest BCUT2D eigenvalue weighted by Gasteiger charge is 2.83. The van der Waals surface area contributed by atoms with Crippen molar-refractivity contribution >= 4 is 5.97 Å². The van der Waals surface area contributed by atoms with E-state index in [1.54, 1.807) is 6.26 Å². The topological polar surface area (TPSA) is 89.3 Å². The largest absolute Gasteiger partial charge is 0.463 e. The number of aliphatic hydroxyl groups is 1. The predicted molar refractivity (Wildman–Crippen MR) is 116 cm³/mol. The SMILES string of the molecule is CC(=O)O[C@H]1CC[C@@]2(C)[C@H](CCC3[C@@H]2CCC2(C)[C@@H](c4ccc(=O)oc4)C(O)C4OC432)C1. The Labute approximate surface area is 188 Å². The van der Waals surface area contributed by atoms with Crippen molar-refractivity contribution in [2.75, 3.05) is 0 Å². The Kier molecular flexibility index (Phi) is 4.37.